The van der Waals surface area contributed by atoms with Crippen LogP contribution in [0.4, 0.5) is 4.39 Å². The van der Waals surface area contributed by atoms with Crippen molar-refractivity contribution in [2.75, 3.05) is 32.5 Å². The van der Waals surface area contributed by atoms with E-state index in [9.17, 15) is 17.6 Å². The lowest BCUT2D eigenvalue weighted by Crippen LogP contribution is -2.37. The first-order valence-corrected chi connectivity index (χ1v) is 13.8. The standard InChI is InChI=1S/C26H32FN5O4S/c1-19-10-20(2)12-22(11-19)26(33)36-9-5-8-30(3)25-17-32(37(34,35)18-25)16-24-15-31(29-28-24)14-21-6-4-7-23(27)13-21/h4,6-7,10-13,15,25H,5,8-9,14,16-18H2,1-3H3. The van der Waals surface area contributed by atoms with E-state index in [-0.39, 0.29) is 36.7 Å². The van der Waals surface area contributed by atoms with Crippen LogP contribution in [-0.4, -0.2) is 77.1 Å². The number of aryl methyl sites for hydroxylation is 2. The maximum absolute atomic E-state index is 13.4. The molecule has 9 nitrogen and oxygen atoms in total. The second-order valence-electron chi connectivity index (χ2n) is 9.61. The Morgan fingerprint density at radius 2 is 1.92 bits per heavy atom. The minimum absolute atomic E-state index is 0.0171. The smallest absolute Gasteiger partial charge is 0.338 e. The van der Waals surface area contributed by atoms with Gasteiger partial charge in [-0.15, -0.1) is 5.10 Å². The zero-order chi connectivity index (χ0) is 26.6. The molecule has 0 bridgehead atoms. The molecule has 198 valence electrons. The van der Waals surface area contributed by atoms with Crippen molar-refractivity contribution < 1.29 is 22.3 Å². The van der Waals surface area contributed by atoms with Crippen molar-refractivity contribution in [3.8, 4) is 0 Å². The molecule has 4 rings (SSSR count). The fourth-order valence-corrected chi connectivity index (χ4v) is 6.29. The Morgan fingerprint density at radius 1 is 1.16 bits per heavy atom. The molecule has 1 atom stereocenters. The lowest BCUT2D eigenvalue weighted by atomic mass is 10.1. The summed E-state index contributed by atoms with van der Waals surface area (Å²) < 4.78 is 47.4. The van der Waals surface area contributed by atoms with E-state index in [1.807, 2.05) is 31.9 Å². The Balaban J connectivity index is 1.25. The summed E-state index contributed by atoms with van der Waals surface area (Å²) in [7, 11) is -1.56. The van der Waals surface area contributed by atoms with Crippen LogP contribution in [0.15, 0.2) is 48.7 Å². The predicted molar refractivity (Wildman–Crippen MR) is 137 cm³/mol. The second kappa shape index (κ2) is 11.5. The van der Waals surface area contributed by atoms with E-state index in [0.717, 1.165) is 16.7 Å². The number of benzene rings is 2. The first-order valence-electron chi connectivity index (χ1n) is 12.2. The molecule has 0 amide bonds. The molecule has 1 saturated heterocycles. The van der Waals surface area contributed by atoms with Crippen LogP contribution in [-0.2, 0) is 27.8 Å². The lowest BCUT2D eigenvalue weighted by Gasteiger charge is -2.23. The van der Waals surface area contributed by atoms with Crippen LogP contribution in [0, 0.1) is 19.7 Å². The quantitative estimate of drug-likeness (QED) is 0.294. The first-order chi connectivity index (χ1) is 17.6. The topological polar surface area (TPSA) is 97.6 Å². The average Bonchev–Trinajstić information content (AvgIpc) is 3.39. The third-order valence-electron chi connectivity index (χ3n) is 6.34. The van der Waals surface area contributed by atoms with Crippen molar-refractivity contribution in [2.24, 2.45) is 0 Å². The molecule has 1 aromatic heterocycles. The van der Waals surface area contributed by atoms with Crippen LogP contribution >= 0.6 is 0 Å². The van der Waals surface area contributed by atoms with Gasteiger partial charge in [0.2, 0.25) is 10.0 Å². The maximum Gasteiger partial charge on any atom is 0.338 e. The summed E-state index contributed by atoms with van der Waals surface area (Å²) in [4.78, 5) is 14.3. The number of esters is 1. The van der Waals surface area contributed by atoms with Crippen molar-refractivity contribution in [1.29, 1.82) is 0 Å². The number of nitrogens with zero attached hydrogens (tertiary/aromatic N) is 5. The molecule has 0 aliphatic carbocycles. The number of sulfonamides is 1. The molecule has 0 radical (unpaired) electrons. The summed E-state index contributed by atoms with van der Waals surface area (Å²) >= 11 is 0. The van der Waals surface area contributed by atoms with Crippen LogP contribution in [0.2, 0.25) is 0 Å². The summed E-state index contributed by atoms with van der Waals surface area (Å²) in [6, 6.07) is 11.7. The minimum atomic E-state index is -3.44. The number of hydrogen-bond acceptors (Lipinski definition) is 7. The zero-order valence-electron chi connectivity index (χ0n) is 21.3. The SMILES string of the molecule is Cc1cc(C)cc(C(=O)OCCCN(C)C2CN(Cc3cn(Cc4cccc(F)c4)nn3)S(=O)(=O)C2)c1. The van der Waals surface area contributed by atoms with Gasteiger partial charge in [-0.1, -0.05) is 34.5 Å². The number of carbonyl (C=O) groups is 1. The van der Waals surface area contributed by atoms with Gasteiger partial charge in [0.1, 0.15) is 5.82 Å². The van der Waals surface area contributed by atoms with E-state index in [1.54, 1.807) is 35.1 Å². The average molecular weight is 530 g/mol. The molecule has 2 aromatic carbocycles. The number of likely N-dealkylation sites (N-methyl/N-ethyl adjacent to an activating group) is 1. The monoisotopic (exact) mass is 529 g/mol. The first kappa shape index (κ1) is 26.9. The van der Waals surface area contributed by atoms with Crippen LogP contribution in [0.1, 0.15) is 39.2 Å². The fraction of sp³-hybridized carbons (Fsp3) is 0.423. The number of rotatable bonds is 10. The highest BCUT2D eigenvalue weighted by molar-refractivity contribution is 7.89. The highest BCUT2D eigenvalue weighted by atomic mass is 32.2. The molecule has 3 aromatic rings. The van der Waals surface area contributed by atoms with Gasteiger partial charge in [0, 0.05) is 19.1 Å². The molecule has 0 saturated carbocycles. The summed E-state index contributed by atoms with van der Waals surface area (Å²) in [6.45, 7) is 5.55. The van der Waals surface area contributed by atoms with Crippen molar-refractivity contribution in [1.82, 2.24) is 24.2 Å². The van der Waals surface area contributed by atoms with Crippen molar-refractivity contribution in [2.45, 2.75) is 39.4 Å². The normalized spacial score (nSPS) is 17.4. The second-order valence-corrected chi connectivity index (χ2v) is 11.6. The Hall–Kier alpha value is -3.15. The van der Waals surface area contributed by atoms with Gasteiger partial charge in [0.05, 0.1) is 42.9 Å². The molecule has 0 N–H and O–H groups in total. The molecule has 1 aliphatic heterocycles. The fourth-order valence-electron chi connectivity index (χ4n) is 4.51. The number of ether oxygens (including phenoxy) is 1. The van der Waals surface area contributed by atoms with Crippen LogP contribution in [0.25, 0.3) is 0 Å². The van der Waals surface area contributed by atoms with Gasteiger partial charge in [-0.2, -0.15) is 4.31 Å². The van der Waals surface area contributed by atoms with E-state index in [4.69, 9.17) is 4.74 Å². The molecule has 37 heavy (non-hydrogen) atoms. The number of hydrogen-bond donors (Lipinski definition) is 0. The Labute approximate surface area is 216 Å². The highest BCUT2D eigenvalue weighted by Crippen LogP contribution is 2.20. The van der Waals surface area contributed by atoms with E-state index in [1.165, 1.54) is 16.4 Å². The van der Waals surface area contributed by atoms with E-state index < -0.39 is 10.0 Å². The molecule has 0 spiro atoms. The molecular weight excluding hydrogens is 497 g/mol. The number of halogens is 1. The summed E-state index contributed by atoms with van der Waals surface area (Å²) in [6.07, 6.45) is 2.28. The van der Waals surface area contributed by atoms with E-state index in [2.05, 4.69) is 10.3 Å². The molecule has 1 fully saturated rings. The van der Waals surface area contributed by atoms with Gasteiger partial charge < -0.3 is 9.64 Å². The Bertz CT molecular complexity index is 1340. The number of carbonyl (C=O) groups excluding carboxylic acids is 1. The molecule has 11 heteroatoms. The summed E-state index contributed by atoms with van der Waals surface area (Å²) in [5, 5.41) is 8.15. The van der Waals surface area contributed by atoms with Crippen LogP contribution < -0.4 is 0 Å². The van der Waals surface area contributed by atoms with Crippen LogP contribution in [0.3, 0.4) is 0 Å². The van der Waals surface area contributed by atoms with Gasteiger partial charge in [0.25, 0.3) is 0 Å². The van der Waals surface area contributed by atoms with Crippen LogP contribution in [0.5, 0.6) is 0 Å². The third-order valence-corrected chi connectivity index (χ3v) is 8.21. The van der Waals surface area contributed by atoms with Gasteiger partial charge in [-0.3, -0.25) is 0 Å². The molecular formula is C26H32FN5O4S. The summed E-state index contributed by atoms with van der Waals surface area (Å²) in [5.74, 6) is -0.659. The van der Waals surface area contributed by atoms with Gasteiger partial charge in [-0.05, 0) is 57.1 Å². The predicted octanol–water partition coefficient (Wildman–Crippen LogP) is 2.78. The van der Waals surface area contributed by atoms with Gasteiger partial charge in [0.15, 0.2) is 0 Å². The Kier molecular flexibility index (Phi) is 8.35. The zero-order valence-corrected chi connectivity index (χ0v) is 22.1. The number of aromatic nitrogens is 3. The molecule has 1 unspecified atom stereocenters. The van der Waals surface area contributed by atoms with Gasteiger partial charge >= 0.3 is 5.97 Å². The molecule has 1 aliphatic rings. The molecule has 2 heterocycles. The lowest BCUT2D eigenvalue weighted by molar-refractivity contribution is 0.0486. The van der Waals surface area contributed by atoms with E-state index >= 15 is 0 Å². The third kappa shape index (κ3) is 7.21. The summed E-state index contributed by atoms with van der Waals surface area (Å²) in [5.41, 5.74) is 3.82. The van der Waals surface area contributed by atoms with Crippen molar-refractivity contribution >= 4 is 16.0 Å². The maximum atomic E-state index is 13.4. The minimum Gasteiger partial charge on any atom is -0.462 e. The Morgan fingerprint density at radius 3 is 2.65 bits per heavy atom. The van der Waals surface area contributed by atoms with Crippen molar-refractivity contribution in [3.63, 3.8) is 0 Å². The largest absolute Gasteiger partial charge is 0.462 e. The van der Waals surface area contributed by atoms with Gasteiger partial charge in [-0.25, -0.2) is 22.3 Å². The highest BCUT2D eigenvalue weighted by Gasteiger charge is 2.38. The van der Waals surface area contributed by atoms with E-state index in [0.29, 0.717) is 37.3 Å². The van der Waals surface area contributed by atoms with Crippen molar-refractivity contribution in [3.05, 3.63) is 82.4 Å².